The highest BCUT2D eigenvalue weighted by atomic mass is 32.2. The number of carbonyl (C=O) groups is 1. The fourth-order valence-corrected chi connectivity index (χ4v) is 2.26. The molecule has 0 aliphatic heterocycles. The van der Waals surface area contributed by atoms with Gasteiger partial charge in [-0.2, -0.15) is 0 Å². The second-order valence-corrected chi connectivity index (χ2v) is 5.65. The predicted octanol–water partition coefficient (Wildman–Crippen LogP) is 0.535. The van der Waals surface area contributed by atoms with Gasteiger partial charge in [-0.25, -0.2) is 13.1 Å². The van der Waals surface area contributed by atoms with Gasteiger partial charge >= 0.3 is 5.97 Å². The Balaban J connectivity index is 2.82. The van der Waals surface area contributed by atoms with Crippen molar-refractivity contribution in [3.8, 4) is 0 Å². The third-order valence-corrected chi connectivity index (χ3v) is 4.10. The molecule has 0 fully saturated rings. The second-order valence-electron chi connectivity index (χ2n) is 3.62. The summed E-state index contributed by atoms with van der Waals surface area (Å²) in [6.07, 6.45) is 1.54. The van der Waals surface area contributed by atoms with E-state index >= 15 is 0 Å². The van der Waals surface area contributed by atoms with Gasteiger partial charge in [-0.1, -0.05) is 6.07 Å². The number of carboxylic acids is 1. The van der Waals surface area contributed by atoms with Gasteiger partial charge in [0, 0.05) is 6.20 Å². The van der Waals surface area contributed by atoms with Crippen LogP contribution in [0, 0.1) is 0 Å². The standard InChI is InChI=1S/C10H14N2O4S/c1-7(9-5-3-4-6-11-9)12-17(15,16)8(2)10(13)14/h3-8,12H,1-2H3,(H,13,14)/t7-,8?/m0/s1. The lowest BCUT2D eigenvalue weighted by molar-refractivity contribution is -0.136. The first-order chi connectivity index (χ1) is 7.84. The van der Waals surface area contributed by atoms with Crippen LogP contribution in [-0.2, 0) is 14.8 Å². The molecule has 0 saturated carbocycles. The highest BCUT2D eigenvalue weighted by Gasteiger charge is 2.29. The van der Waals surface area contributed by atoms with E-state index in [4.69, 9.17) is 5.11 Å². The molecule has 0 radical (unpaired) electrons. The monoisotopic (exact) mass is 258 g/mol. The zero-order chi connectivity index (χ0) is 13.1. The van der Waals surface area contributed by atoms with Crippen LogP contribution in [0.3, 0.4) is 0 Å². The molecule has 0 spiro atoms. The smallest absolute Gasteiger partial charge is 0.323 e. The Hall–Kier alpha value is -1.47. The fraction of sp³-hybridized carbons (Fsp3) is 0.400. The number of rotatable bonds is 5. The van der Waals surface area contributed by atoms with Gasteiger partial charge in [0.1, 0.15) is 0 Å². The van der Waals surface area contributed by atoms with Crippen molar-refractivity contribution in [1.29, 1.82) is 0 Å². The topological polar surface area (TPSA) is 96.4 Å². The highest BCUT2D eigenvalue weighted by molar-refractivity contribution is 7.90. The lowest BCUT2D eigenvalue weighted by atomic mass is 10.2. The molecule has 2 atom stereocenters. The Bertz CT molecular complexity index is 486. The summed E-state index contributed by atoms with van der Waals surface area (Å²) >= 11 is 0. The number of aromatic nitrogens is 1. The van der Waals surface area contributed by atoms with Gasteiger partial charge in [-0.3, -0.25) is 9.78 Å². The van der Waals surface area contributed by atoms with Gasteiger partial charge in [-0.05, 0) is 26.0 Å². The lowest BCUT2D eigenvalue weighted by Crippen LogP contribution is -2.38. The van der Waals surface area contributed by atoms with Gasteiger partial charge in [0.05, 0.1) is 11.7 Å². The number of sulfonamides is 1. The van der Waals surface area contributed by atoms with E-state index in [1.807, 2.05) is 0 Å². The largest absolute Gasteiger partial charge is 0.480 e. The Morgan fingerprint density at radius 1 is 1.41 bits per heavy atom. The molecule has 0 saturated heterocycles. The molecule has 17 heavy (non-hydrogen) atoms. The summed E-state index contributed by atoms with van der Waals surface area (Å²) in [7, 11) is -3.90. The summed E-state index contributed by atoms with van der Waals surface area (Å²) in [4.78, 5) is 14.6. The summed E-state index contributed by atoms with van der Waals surface area (Å²) in [5.41, 5.74) is 0.536. The first kappa shape index (κ1) is 13.6. The molecular weight excluding hydrogens is 244 g/mol. The fourth-order valence-electron chi connectivity index (χ4n) is 1.17. The second kappa shape index (κ2) is 5.24. The summed E-state index contributed by atoms with van der Waals surface area (Å²) < 4.78 is 25.6. The molecule has 0 amide bonds. The minimum Gasteiger partial charge on any atom is -0.480 e. The minimum absolute atomic E-state index is 0.536. The summed E-state index contributed by atoms with van der Waals surface area (Å²) in [6, 6.07) is 4.54. The third kappa shape index (κ3) is 3.50. The maximum atomic E-state index is 11.6. The van der Waals surface area contributed by atoms with Crippen LogP contribution < -0.4 is 4.72 Å². The van der Waals surface area contributed by atoms with E-state index in [1.54, 1.807) is 31.3 Å². The van der Waals surface area contributed by atoms with Crippen molar-refractivity contribution in [2.75, 3.05) is 0 Å². The molecule has 1 aromatic heterocycles. The maximum absolute atomic E-state index is 11.6. The Morgan fingerprint density at radius 3 is 2.53 bits per heavy atom. The molecule has 1 unspecified atom stereocenters. The van der Waals surface area contributed by atoms with E-state index < -0.39 is 27.3 Å². The average Bonchev–Trinajstić information content (AvgIpc) is 2.28. The van der Waals surface area contributed by atoms with Gasteiger partial charge in [-0.15, -0.1) is 0 Å². The van der Waals surface area contributed by atoms with Crippen LogP contribution in [0.1, 0.15) is 25.6 Å². The quantitative estimate of drug-likeness (QED) is 0.803. The van der Waals surface area contributed by atoms with Crippen molar-refractivity contribution >= 4 is 16.0 Å². The summed E-state index contributed by atoms with van der Waals surface area (Å²) in [6.45, 7) is 2.73. The molecule has 6 nitrogen and oxygen atoms in total. The number of nitrogens with zero attached hydrogens (tertiary/aromatic N) is 1. The van der Waals surface area contributed by atoms with Crippen molar-refractivity contribution < 1.29 is 18.3 Å². The van der Waals surface area contributed by atoms with Crippen molar-refractivity contribution in [3.05, 3.63) is 30.1 Å². The van der Waals surface area contributed by atoms with Gasteiger partial charge in [0.2, 0.25) is 10.0 Å². The number of nitrogens with one attached hydrogen (secondary N) is 1. The van der Waals surface area contributed by atoms with Crippen molar-refractivity contribution in [3.63, 3.8) is 0 Å². The molecular formula is C10H14N2O4S. The van der Waals surface area contributed by atoms with Crippen LogP contribution in [-0.4, -0.2) is 29.7 Å². The van der Waals surface area contributed by atoms with Crippen molar-refractivity contribution in [1.82, 2.24) is 9.71 Å². The molecule has 0 bridgehead atoms. The summed E-state index contributed by atoms with van der Waals surface area (Å²) in [5, 5.41) is 7.17. The van der Waals surface area contributed by atoms with Gasteiger partial charge in [0.15, 0.2) is 5.25 Å². The van der Waals surface area contributed by atoms with Crippen LogP contribution in [0.5, 0.6) is 0 Å². The average molecular weight is 258 g/mol. The Morgan fingerprint density at radius 2 is 2.06 bits per heavy atom. The predicted molar refractivity (Wildman–Crippen MR) is 61.8 cm³/mol. The Labute approximate surface area is 99.7 Å². The van der Waals surface area contributed by atoms with E-state index in [2.05, 4.69) is 9.71 Å². The number of aliphatic carboxylic acids is 1. The highest BCUT2D eigenvalue weighted by Crippen LogP contribution is 2.11. The molecule has 2 N–H and O–H groups in total. The molecule has 1 heterocycles. The maximum Gasteiger partial charge on any atom is 0.323 e. The normalized spacial score (nSPS) is 15.2. The SMILES string of the molecule is CC(C(=O)O)S(=O)(=O)N[C@@H](C)c1ccccn1. The van der Waals surface area contributed by atoms with E-state index in [0.29, 0.717) is 5.69 Å². The van der Waals surface area contributed by atoms with Crippen LogP contribution in [0.25, 0.3) is 0 Å². The van der Waals surface area contributed by atoms with E-state index in [-0.39, 0.29) is 0 Å². The number of pyridine rings is 1. The molecule has 0 aromatic carbocycles. The van der Waals surface area contributed by atoms with E-state index in [9.17, 15) is 13.2 Å². The molecule has 1 aromatic rings. The van der Waals surface area contributed by atoms with Crippen LogP contribution in [0.2, 0.25) is 0 Å². The van der Waals surface area contributed by atoms with Crippen molar-refractivity contribution in [2.45, 2.75) is 25.1 Å². The molecule has 94 valence electrons. The summed E-state index contributed by atoms with van der Waals surface area (Å²) in [5.74, 6) is -1.38. The number of carboxylic acid groups (broad SMARTS) is 1. The molecule has 0 aliphatic rings. The minimum atomic E-state index is -3.90. The zero-order valence-corrected chi connectivity index (χ0v) is 10.3. The lowest BCUT2D eigenvalue weighted by Gasteiger charge is -2.15. The number of hydrogen-bond donors (Lipinski definition) is 2. The van der Waals surface area contributed by atoms with Gasteiger partial charge < -0.3 is 5.11 Å². The molecule has 0 aliphatic carbocycles. The molecule has 7 heteroatoms. The van der Waals surface area contributed by atoms with E-state index in [1.165, 1.54) is 0 Å². The Kier molecular flexibility index (Phi) is 4.19. The zero-order valence-electron chi connectivity index (χ0n) is 9.49. The third-order valence-electron chi connectivity index (χ3n) is 2.29. The molecule has 1 rings (SSSR count). The number of hydrogen-bond acceptors (Lipinski definition) is 4. The van der Waals surface area contributed by atoms with E-state index in [0.717, 1.165) is 6.92 Å². The van der Waals surface area contributed by atoms with Crippen LogP contribution in [0.15, 0.2) is 24.4 Å². The van der Waals surface area contributed by atoms with Crippen LogP contribution in [0.4, 0.5) is 0 Å². The van der Waals surface area contributed by atoms with Gasteiger partial charge in [0.25, 0.3) is 0 Å². The van der Waals surface area contributed by atoms with Crippen molar-refractivity contribution in [2.24, 2.45) is 0 Å². The first-order valence-electron chi connectivity index (χ1n) is 4.99. The first-order valence-corrected chi connectivity index (χ1v) is 6.54. The van der Waals surface area contributed by atoms with Crippen LogP contribution >= 0.6 is 0 Å².